The Balaban J connectivity index is 2.30. The van der Waals surface area contributed by atoms with Crippen molar-refractivity contribution in [2.45, 2.75) is 70.5 Å². The predicted octanol–water partition coefficient (Wildman–Crippen LogP) is 3.13. The van der Waals surface area contributed by atoms with Gasteiger partial charge in [-0.15, -0.1) is 11.6 Å². The summed E-state index contributed by atoms with van der Waals surface area (Å²) < 4.78 is 5.74. The van der Waals surface area contributed by atoms with Gasteiger partial charge < -0.3 is 14.9 Å². The van der Waals surface area contributed by atoms with Gasteiger partial charge in [-0.3, -0.25) is 4.79 Å². The largest absolute Gasteiger partial charge is 0.478 e. The van der Waals surface area contributed by atoms with Crippen molar-refractivity contribution in [2.24, 2.45) is 17.3 Å². The minimum absolute atomic E-state index is 0.181. The number of carboxylic acids is 1. The van der Waals surface area contributed by atoms with Gasteiger partial charge in [0.2, 0.25) is 0 Å². The molecular weight excluding hydrogens is 332 g/mol. The van der Waals surface area contributed by atoms with Crippen LogP contribution in [0.25, 0.3) is 0 Å². The Morgan fingerprint density at radius 1 is 1.42 bits per heavy atom. The zero-order valence-electron chi connectivity index (χ0n) is 14.7. The zero-order chi connectivity index (χ0) is 18.3. The minimum atomic E-state index is -1.46. The van der Waals surface area contributed by atoms with Gasteiger partial charge >= 0.3 is 11.9 Å². The SMILES string of the molecule is CCC(C)(C)C(=O)O[C@H]1CC[C@H](Cl)[C@]2(O)C=C(C(=O)O)[C@@H](C)C[C@@H]12. The first-order valence-electron chi connectivity index (χ1n) is 8.56. The van der Waals surface area contributed by atoms with Gasteiger partial charge in [-0.05, 0) is 51.5 Å². The summed E-state index contributed by atoms with van der Waals surface area (Å²) in [5.41, 5.74) is -1.86. The number of alkyl halides is 1. The molecule has 2 N–H and O–H groups in total. The fraction of sp³-hybridized carbons (Fsp3) is 0.778. The van der Waals surface area contributed by atoms with Gasteiger partial charge in [0, 0.05) is 11.5 Å². The molecule has 6 heteroatoms. The second-order valence-corrected chi connectivity index (χ2v) is 8.29. The highest BCUT2D eigenvalue weighted by Gasteiger charge is 2.54. The van der Waals surface area contributed by atoms with Crippen molar-refractivity contribution in [1.29, 1.82) is 0 Å². The van der Waals surface area contributed by atoms with E-state index in [-0.39, 0.29) is 23.4 Å². The first kappa shape index (κ1) is 19.3. The molecule has 0 unspecified atom stereocenters. The molecule has 0 aromatic heterocycles. The summed E-state index contributed by atoms with van der Waals surface area (Å²) in [5.74, 6) is -1.94. The smallest absolute Gasteiger partial charge is 0.331 e. The average Bonchev–Trinajstić information content (AvgIpc) is 2.51. The van der Waals surface area contributed by atoms with Crippen LogP contribution in [0.4, 0.5) is 0 Å². The molecule has 0 heterocycles. The molecule has 0 bridgehead atoms. The third kappa shape index (κ3) is 3.33. The highest BCUT2D eigenvalue weighted by Crippen LogP contribution is 2.48. The summed E-state index contributed by atoms with van der Waals surface area (Å²) in [4.78, 5) is 23.8. The van der Waals surface area contributed by atoms with E-state index in [4.69, 9.17) is 16.3 Å². The lowest BCUT2D eigenvalue weighted by molar-refractivity contribution is -0.173. The Kier molecular flexibility index (Phi) is 5.36. The first-order valence-corrected chi connectivity index (χ1v) is 9.00. The van der Waals surface area contributed by atoms with Crippen molar-refractivity contribution < 1.29 is 24.5 Å². The van der Waals surface area contributed by atoms with Gasteiger partial charge in [0.25, 0.3) is 0 Å². The van der Waals surface area contributed by atoms with Crippen molar-refractivity contribution in [2.75, 3.05) is 0 Å². The number of esters is 1. The number of aliphatic hydroxyl groups is 1. The van der Waals surface area contributed by atoms with Crippen LogP contribution in [-0.4, -0.2) is 39.2 Å². The number of aliphatic carboxylic acids is 1. The van der Waals surface area contributed by atoms with Crippen molar-refractivity contribution >= 4 is 23.5 Å². The van der Waals surface area contributed by atoms with Crippen molar-refractivity contribution in [1.82, 2.24) is 0 Å². The Morgan fingerprint density at radius 2 is 2.04 bits per heavy atom. The fourth-order valence-corrected chi connectivity index (χ4v) is 3.92. The second-order valence-electron chi connectivity index (χ2n) is 7.76. The van der Waals surface area contributed by atoms with Crippen LogP contribution in [0, 0.1) is 17.3 Å². The lowest BCUT2D eigenvalue weighted by Gasteiger charge is -2.49. The van der Waals surface area contributed by atoms with Gasteiger partial charge in [-0.25, -0.2) is 4.79 Å². The van der Waals surface area contributed by atoms with Crippen molar-refractivity contribution in [3.8, 4) is 0 Å². The number of rotatable bonds is 4. The number of carbonyl (C=O) groups is 2. The summed E-state index contributed by atoms with van der Waals surface area (Å²) in [6.07, 6.45) is 3.08. The summed E-state index contributed by atoms with van der Waals surface area (Å²) >= 11 is 6.34. The van der Waals surface area contributed by atoms with Gasteiger partial charge in [-0.1, -0.05) is 13.8 Å². The Labute approximate surface area is 148 Å². The molecule has 0 amide bonds. The van der Waals surface area contributed by atoms with E-state index in [0.29, 0.717) is 25.7 Å². The van der Waals surface area contributed by atoms with Crippen molar-refractivity contribution in [3.05, 3.63) is 11.6 Å². The maximum atomic E-state index is 12.4. The Bertz CT molecular complexity index is 556. The number of ether oxygens (including phenoxy) is 1. The Hall–Kier alpha value is -1.07. The van der Waals surface area contributed by atoms with E-state index in [2.05, 4.69) is 0 Å². The van der Waals surface area contributed by atoms with E-state index in [0.717, 1.165) is 0 Å². The van der Waals surface area contributed by atoms with E-state index in [1.165, 1.54) is 6.08 Å². The quantitative estimate of drug-likeness (QED) is 0.595. The van der Waals surface area contributed by atoms with Crippen LogP contribution < -0.4 is 0 Å². The van der Waals surface area contributed by atoms with Crippen LogP contribution >= 0.6 is 11.6 Å². The second kappa shape index (κ2) is 6.68. The molecule has 24 heavy (non-hydrogen) atoms. The molecule has 1 saturated carbocycles. The maximum absolute atomic E-state index is 12.4. The van der Waals surface area contributed by atoms with Crippen LogP contribution in [-0.2, 0) is 14.3 Å². The molecule has 5 nitrogen and oxygen atoms in total. The molecule has 2 rings (SSSR count). The summed E-state index contributed by atoms with van der Waals surface area (Å²) in [6, 6.07) is 0. The van der Waals surface area contributed by atoms with Gasteiger partial charge in [0.15, 0.2) is 0 Å². The molecule has 2 aliphatic rings. The lowest BCUT2D eigenvalue weighted by atomic mass is 9.64. The molecule has 0 radical (unpaired) electrons. The number of carbonyl (C=O) groups excluding carboxylic acids is 1. The lowest BCUT2D eigenvalue weighted by Crippen LogP contribution is -2.57. The monoisotopic (exact) mass is 358 g/mol. The molecule has 0 aromatic rings. The van der Waals surface area contributed by atoms with Gasteiger partial charge in [0.05, 0.1) is 10.8 Å². The summed E-state index contributed by atoms with van der Waals surface area (Å²) in [6.45, 7) is 7.41. The first-order chi connectivity index (χ1) is 11.0. The highest BCUT2D eigenvalue weighted by molar-refractivity contribution is 6.21. The predicted molar refractivity (Wildman–Crippen MR) is 90.8 cm³/mol. The van der Waals surface area contributed by atoms with E-state index >= 15 is 0 Å². The molecule has 1 fully saturated rings. The van der Waals surface area contributed by atoms with Crippen LogP contribution in [0.1, 0.15) is 53.4 Å². The van der Waals surface area contributed by atoms with E-state index in [1.807, 2.05) is 27.7 Å². The van der Waals surface area contributed by atoms with Crippen LogP contribution in [0.2, 0.25) is 0 Å². The molecule has 0 saturated heterocycles. The molecule has 0 aliphatic heterocycles. The molecule has 136 valence electrons. The summed E-state index contributed by atoms with van der Waals surface area (Å²) in [5, 5.41) is 19.8. The highest BCUT2D eigenvalue weighted by atomic mass is 35.5. The third-order valence-corrected chi connectivity index (χ3v) is 6.28. The minimum Gasteiger partial charge on any atom is -0.478 e. The number of fused-ring (bicyclic) bond motifs is 1. The maximum Gasteiger partial charge on any atom is 0.331 e. The fourth-order valence-electron chi connectivity index (χ4n) is 3.57. The number of hydrogen-bond acceptors (Lipinski definition) is 4. The van der Waals surface area contributed by atoms with Crippen molar-refractivity contribution in [3.63, 3.8) is 0 Å². The molecular formula is C18H27ClO5. The third-order valence-electron chi connectivity index (χ3n) is 5.72. The standard InChI is InChI=1S/C18H27ClO5/c1-5-17(3,4)16(22)24-13-6-7-14(19)18(23)9-11(15(20)21)10(2)8-12(13)18/h9-10,12-14,23H,5-8H2,1-4H3,(H,20,21)/t10-,12-,13-,14-,18-/m0/s1. The van der Waals surface area contributed by atoms with E-state index < -0.39 is 28.5 Å². The number of hydrogen-bond donors (Lipinski definition) is 2. The van der Waals surface area contributed by atoms with E-state index in [1.54, 1.807) is 0 Å². The van der Waals surface area contributed by atoms with Gasteiger partial charge in [0.1, 0.15) is 11.7 Å². The molecule has 5 atom stereocenters. The van der Waals surface area contributed by atoms with Gasteiger partial charge in [-0.2, -0.15) is 0 Å². The number of carboxylic acid groups (broad SMARTS) is 1. The molecule has 0 spiro atoms. The average molecular weight is 359 g/mol. The van der Waals surface area contributed by atoms with Crippen LogP contribution in [0.3, 0.4) is 0 Å². The summed E-state index contributed by atoms with van der Waals surface area (Å²) in [7, 11) is 0. The zero-order valence-corrected chi connectivity index (χ0v) is 15.5. The molecule has 2 aliphatic carbocycles. The van der Waals surface area contributed by atoms with Crippen LogP contribution in [0.5, 0.6) is 0 Å². The molecule has 0 aromatic carbocycles. The van der Waals surface area contributed by atoms with E-state index in [9.17, 15) is 19.8 Å². The Morgan fingerprint density at radius 3 is 2.58 bits per heavy atom. The number of halogens is 1. The topological polar surface area (TPSA) is 83.8 Å². The normalized spacial score (nSPS) is 36.5. The van der Waals surface area contributed by atoms with Crippen LogP contribution in [0.15, 0.2) is 11.6 Å².